The molecule has 0 fully saturated rings. The molecule has 0 spiro atoms. The fraction of sp³-hybridized carbons (Fsp3) is 0.250. The summed E-state index contributed by atoms with van der Waals surface area (Å²) in [6.45, 7) is 4.28. The maximum atomic E-state index is 9.71. The Morgan fingerprint density at radius 3 is 2.50 bits per heavy atom. The number of rotatable bonds is 4. The lowest BCUT2D eigenvalue weighted by Gasteiger charge is -2.14. The molecule has 0 saturated carbocycles. The van der Waals surface area contributed by atoms with Crippen LogP contribution in [0.2, 0.25) is 0 Å². The molecule has 0 saturated heterocycles. The van der Waals surface area contributed by atoms with E-state index >= 15 is 0 Å². The summed E-state index contributed by atoms with van der Waals surface area (Å²) in [7, 11) is 0. The molecule has 0 unspecified atom stereocenters. The van der Waals surface area contributed by atoms with Gasteiger partial charge in [-0.05, 0) is 31.0 Å². The standard InChI is InChI=1S/C16H18O2/c1-12-8-9-15(13(2)17)16(10-12)18-11-14-6-4-3-5-7-14/h3-10,13,17H,11H2,1-2H3/t13-/m0/s1. The average Bonchev–Trinajstić information content (AvgIpc) is 2.37. The molecule has 2 rings (SSSR count). The van der Waals surface area contributed by atoms with Gasteiger partial charge in [0.15, 0.2) is 0 Å². The Balaban J connectivity index is 2.15. The van der Waals surface area contributed by atoms with E-state index in [1.54, 1.807) is 6.92 Å². The smallest absolute Gasteiger partial charge is 0.125 e. The number of aliphatic hydroxyl groups is 1. The fourth-order valence-electron chi connectivity index (χ4n) is 1.85. The summed E-state index contributed by atoms with van der Waals surface area (Å²) in [6.07, 6.45) is -0.517. The van der Waals surface area contributed by atoms with E-state index in [1.165, 1.54) is 0 Å². The molecular formula is C16H18O2. The average molecular weight is 242 g/mol. The minimum absolute atomic E-state index is 0.517. The van der Waals surface area contributed by atoms with Crippen molar-refractivity contribution in [3.8, 4) is 5.75 Å². The largest absolute Gasteiger partial charge is 0.489 e. The fourth-order valence-corrected chi connectivity index (χ4v) is 1.85. The summed E-state index contributed by atoms with van der Waals surface area (Å²) in [4.78, 5) is 0. The molecular weight excluding hydrogens is 224 g/mol. The van der Waals surface area contributed by atoms with Crippen LogP contribution in [0.25, 0.3) is 0 Å². The van der Waals surface area contributed by atoms with Crippen molar-refractivity contribution in [3.05, 3.63) is 65.2 Å². The van der Waals surface area contributed by atoms with Crippen LogP contribution < -0.4 is 4.74 Å². The van der Waals surface area contributed by atoms with Crippen molar-refractivity contribution in [1.82, 2.24) is 0 Å². The van der Waals surface area contributed by atoms with Gasteiger partial charge < -0.3 is 9.84 Å². The maximum Gasteiger partial charge on any atom is 0.125 e. The SMILES string of the molecule is Cc1ccc([C@H](C)O)c(OCc2ccccc2)c1. The first-order valence-electron chi connectivity index (χ1n) is 6.12. The predicted octanol–water partition coefficient (Wildman–Crippen LogP) is 3.63. The molecule has 0 aliphatic heterocycles. The van der Waals surface area contributed by atoms with E-state index in [-0.39, 0.29) is 0 Å². The summed E-state index contributed by atoms with van der Waals surface area (Å²) in [5, 5.41) is 9.71. The molecule has 0 amide bonds. The molecule has 0 heterocycles. The first kappa shape index (κ1) is 12.7. The number of aliphatic hydroxyl groups excluding tert-OH is 1. The highest BCUT2D eigenvalue weighted by Gasteiger charge is 2.09. The van der Waals surface area contributed by atoms with Gasteiger partial charge in [-0.3, -0.25) is 0 Å². The van der Waals surface area contributed by atoms with Crippen molar-refractivity contribution >= 4 is 0 Å². The van der Waals surface area contributed by atoms with Gasteiger partial charge in [0.05, 0.1) is 6.10 Å². The van der Waals surface area contributed by atoms with Crippen molar-refractivity contribution in [2.24, 2.45) is 0 Å². The third-order valence-electron chi connectivity index (χ3n) is 2.86. The lowest BCUT2D eigenvalue weighted by atomic mass is 10.1. The van der Waals surface area contributed by atoms with Crippen molar-refractivity contribution in [2.45, 2.75) is 26.6 Å². The molecule has 0 aliphatic rings. The Morgan fingerprint density at radius 2 is 1.83 bits per heavy atom. The van der Waals surface area contributed by atoms with Gasteiger partial charge >= 0.3 is 0 Å². The summed E-state index contributed by atoms with van der Waals surface area (Å²) in [5.74, 6) is 0.758. The topological polar surface area (TPSA) is 29.5 Å². The van der Waals surface area contributed by atoms with Crippen molar-refractivity contribution < 1.29 is 9.84 Å². The zero-order chi connectivity index (χ0) is 13.0. The van der Waals surface area contributed by atoms with Crippen molar-refractivity contribution in [1.29, 1.82) is 0 Å². The lowest BCUT2D eigenvalue weighted by molar-refractivity contribution is 0.190. The number of aryl methyl sites for hydroxylation is 1. The van der Waals surface area contributed by atoms with E-state index in [9.17, 15) is 5.11 Å². The van der Waals surface area contributed by atoms with Gasteiger partial charge in [-0.1, -0.05) is 42.5 Å². The second kappa shape index (κ2) is 5.69. The zero-order valence-corrected chi connectivity index (χ0v) is 10.8. The quantitative estimate of drug-likeness (QED) is 0.887. The Morgan fingerprint density at radius 1 is 1.11 bits per heavy atom. The normalized spacial score (nSPS) is 12.2. The molecule has 2 aromatic carbocycles. The molecule has 0 bridgehead atoms. The van der Waals surface area contributed by atoms with Gasteiger partial charge in [0, 0.05) is 5.56 Å². The molecule has 2 nitrogen and oxygen atoms in total. The van der Waals surface area contributed by atoms with Crippen LogP contribution in [-0.2, 0) is 6.61 Å². The summed E-state index contributed by atoms with van der Waals surface area (Å²) in [5.41, 5.74) is 3.08. The van der Waals surface area contributed by atoms with Crippen LogP contribution in [0.15, 0.2) is 48.5 Å². The Labute approximate surface area is 108 Å². The first-order valence-corrected chi connectivity index (χ1v) is 6.12. The minimum atomic E-state index is -0.517. The number of benzene rings is 2. The third-order valence-corrected chi connectivity index (χ3v) is 2.86. The highest BCUT2D eigenvalue weighted by Crippen LogP contribution is 2.26. The van der Waals surface area contributed by atoms with Crippen LogP contribution in [0.5, 0.6) is 5.75 Å². The highest BCUT2D eigenvalue weighted by atomic mass is 16.5. The number of ether oxygens (including phenoxy) is 1. The van der Waals surface area contributed by atoms with Gasteiger partial charge in [0.25, 0.3) is 0 Å². The molecule has 0 aliphatic carbocycles. The van der Waals surface area contributed by atoms with Crippen LogP contribution in [0.4, 0.5) is 0 Å². The molecule has 2 aromatic rings. The Hall–Kier alpha value is -1.80. The second-order valence-corrected chi connectivity index (χ2v) is 4.49. The minimum Gasteiger partial charge on any atom is -0.489 e. The van der Waals surface area contributed by atoms with E-state index in [0.717, 1.165) is 22.4 Å². The molecule has 18 heavy (non-hydrogen) atoms. The van der Waals surface area contributed by atoms with Gasteiger partial charge in [-0.2, -0.15) is 0 Å². The zero-order valence-electron chi connectivity index (χ0n) is 10.8. The van der Waals surface area contributed by atoms with E-state index < -0.39 is 6.10 Å². The van der Waals surface area contributed by atoms with Crippen molar-refractivity contribution in [2.75, 3.05) is 0 Å². The van der Waals surface area contributed by atoms with Crippen LogP contribution >= 0.6 is 0 Å². The summed E-state index contributed by atoms with van der Waals surface area (Å²) < 4.78 is 5.81. The summed E-state index contributed by atoms with van der Waals surface area (Å²) >= 11 is 0. The van der Waals surface area contributed by atoms with E-state index in [2.05, 4.69) is 0 Å². The Kier molecular flexibility index (Phi) is 4.00. The molecule has 1 atom stereocenters. The van der Waals surface area contributed by atoms with Gasteiger partial charge in [-0.15, -0.1) is 0 Å². The van der Waals surface area contributed by atoms with Crippen molar-refractivity contribution in [3.63, 3.8) is 0 Å². The second-order valence-electron chi connectivity index (χ2n) is 4.49. The molecule has 0 aromatic heterocycles. The Bertz CT molecular complexity index is 504. The van der Waals surface area contributed by atoms with Gasteiger partial charge in [0.1, 0.15) is 12.4 Å². The van der Waals surface area contributed by atoms with E-state index in [1.807, 2.05) is 55.5 Å². The van der Waals surface area contributed by atoms with Crippen LogP contribution in [0.1, 0.15) is 29.7 Å². The predicted molar refractivity (Wildman–Crippen MR) is 72.6 cm³/mol. The first-order chi connectivity index (χ1) is 8.66. The number of hydrogen-bond donors (Lipinski definition) is 1. The van der Waals surface area contributed by atoms with Crippen LogP contribution in [0, 0.1) is 6.92 Å². The van der Waals surface area contributed by atoms with Gasteiger partial charge in [0.2, 0.25) is 0 Å². The molecule has 2 heteroatoms. The molecule has 94 valence electrons. The van der Waals surface area contributed by atoms with Crippen LogP contribution in [-0.4, -0.2) is 5.11 Å². The van der Waals surface area contributed by atoms with Crippen LogP contribution in [0.3, 0.4) is 0 Å². The number of hydrogen-bond acceptors (Lipinski definition) is 2. The monoisotopic (exact) mass is 242 g/mol. The third kappa shape index (κ3) is 3.11. The van der Waals surface area contributed by atoms with Gasteiger partial charge in [-0.25, -0.2) is 0 Å². The summed E-state index contributed by atoms with van der Waals surface area (Å²) in [6, 6.07) is 15.9. The maximum absolute atomic E-state index is 9.71. The van der Waals surface area contributed by atoms with E-state index in [4.69, 9.17) is 4.74 Å². The van der Waals surface area contributed by atoms with E-state index in [0.29, 0.717) is 6.61 Å². The lowest BCUT2D eigenvalue weighted by Crippen LogP contribution is -2.01. The molecule has 1 N–H and O–H groups in total. The molecule has 0 radical (unpaired) electrons. The highest BCUT2D eigenvalue weighted by molar-refractivity contribution is 5.38.